The number of ether oxygens (including phenoxy) is 1. The summed E-state index contributed by atoms with van der Waals surface area (Å²) < 4.78 is 4.94. The molecule has 2 aliphatic rings. The van der Waals surface area contributed by atoms with Crippen molar-refractivity contribution in [3.05, 3.63) is 130 Å². The first-order chi connectivity index (χ1) is 16.6. The molecule has 0 bridgehead atoms. The van der Waals surface area contributed by atoms with Crippen LogP contribution in [0.1, 0.15) is 33.5 Å². The van der Waals surface area contributed by atoms with Crippen LogP contribution in [0.5, 0.6) is 0 Å². The van der Waals surface area contributed by atoms with Gasteiger partial charge in [0, 0.05) is 0 Å². The standard InChI is InChI=1S/C30H25NO3/c1-34-30(33)26-15-8-14-25(19-26)29(31-27-16-6-5-12-23(27)20-28(31)32)24-13-7-11-22(18-24)17-21-9-3-2-4-10-21/h2-12,14-16,18-19H,13,17,20H2,1H3. The van der Waals surface area contributed by atoms with E-state index < -0.39 is 5.97 Å². The minimum Gasteiger partial charge on any atom is -0.465 e. The number of nitrogens with zero attached hydrogens (tertiary/aromatic N) is 1. The van der Waals surface area contributed by atoms with Gasteiger partial charge in [-0.1, -0.05) is 78.9 Å². The summed E-state index contributed by atoms with van der Waals surface area (Å²) in [6.45, 7) is 0. The Balaban J connectivity index is 1.66. The van der Waals surface area contributed by atoms with Crippen molar-refractivity contribution in [3.8, 4) is 0 Å². The number of allylic oxidation sites excluding steroid dienone is 5. The third-order valence-electron chi connectivity index (χ3n) is 6.19. The zero-order valence-electron chi connectivity index (χ0n) is 19.0. The molecule has 0 unspecified atom stereocenters. The molecule has 0 saturated heterocycles. The number of fused-ring (bicyclic) bond motifs is 1. The molecule has 1 aliphatic heterocycles. The number of amides is 1. The Morgan fingerprint density at radius 3 is 2.53 bits per heavy atom. The SMILES string of the molecule is COC(=O)c1cccc(C(=C2C=C(Cc3ccccc3)C=CC2)N2C(=O)Cc3ccccc32)c1. The Morgan fingerprint density at radius 2 is 1.71 bits per heavy atom. The van der Waals surface area contributed by atoms with Gasteiger partial charge >= 0.3 is 5.97 Å². The van der Waals surface area contributed by atoms with Crippen molar-refractivity contribution in [2.45, 2.75) is 19.3 Å². The van der Waals surface area contributed by atoms with Crippen LogP contribution >= 0.6 is 0 Å². The van der Waals surface area contributed by atoms with Gasteiger partial charge in [-0.2, -0.15) is 0 Å². The molecule has 168 valence electrons. The maximum absolute atomic E-state index is 13.3. The number of anilines is 1. The lowest BCUT2D eigenvalue weighted by Crippen LogP contribution is -2.26. The van der Waals surface area contributed by atoms with E-state index in [-0.39, 0.29) is 5.91 Å². The summed E-state index contributed by atoms with van der Waals surface area (Å²) in [6.07, 6.45) is 8.34. The minimum atomic E-state index is -0.400. The molecule has 0 aromatic heterocycles. The molecule has 1 aliphatic carbocycles. The number of carbonyl (C=O) groups is 2. The number of esters is 1. The predicted octanol–water partition coefficient (Wildman–Crippen LogP) is 5.90. The van der Waals surface area contributed by atoms with Crippen LogP contribution in [0, 0.1) is 0 Å². The van der Waals surface area contributed by atoms with Crippen LogP contribution in [-0.4, -0.2) is 19.0 Å². The Hall–Kier alpha value is -4.18. The van der Waals surface area contributed by atoms with Gasteiger partial charge in [0.15, 0.2) is 0 Å². The molecule has 34 heavy (non-hydrogen) atoms. The van der Waals surface area contributed by atoms with Crippen molar-refractivity contribution in [3.63, 3.8) is 0 Å². The quantitative estimate of drug-likeness (QED) is 0.457. The third-order valence-corrected chi connectivity index (χ3v) is 6.19. The molecule has 0 spiro atoms. The van der Waals surface area contributed by atoms with Crippen molar-refractivity contribution >= 4 is 23.3 Å². The average Bonchev–Trinajstić information content (AvgIpc) is 3.20. The molecule has 0 fully saturated rings. The van der Waals surface area contributed by atoms with Crippen molar-refractivity contribution < 1.29 is 14.3 Å². The first kappa shape index (κ1) is 21.7. The molecule has 4 nitrogen and oxygen atoms in total. The van der Waals surface area contributed by atoms with Crippen molar-refractivity contribution in [2.75, 3.05) is 12.0 Å². The highest BCUT2D eigenvalue weighted by Gasteiger charge is 2.32. The van der Waals surface area contributed by atoms with Crippen LogP contribution in [0.2, 0.25) is 0 Å². The van der Waals surface area contributed by atoms with Gasteiger partial charge in [0.05, 0.1) is 30.5 Å². The lowest BCUT2D eigenvalue weighted by molar-refractivity contribution is -0.116. The van der Waals surface area contributed by atoms with E-state index in [1.807, 2.05) is 65.6 Å². The van der Waals surface area contributed by atoms with E-state index in [0.29, 0.717) is 18.4 Å². The second kappa shape index (κ2) is 9.36. The maximum atomic E-state index is 13.3. The maximum Gasteiger partial charge on any atom is 0.337 e. The number of hydrogen-bond acceptors (Lipinski definition) is 3. The normalized spacial score (nSPS) is 16.2. The Morgan fingerprint density at radius 1 is 0.941 bits per heavy atom. The number of para-hydroxylation sites is 1. The van der Waals surface area contributed by atoms with Gasteiger partial charge in [0.2, 0.25) is 5.91 Å². The first-order valence-corrected chi connectivity index (χ1v) is 11.4. The fraction of sp³-hybridized carbons (Fsp3) is 0.133. The summed E-state index contributed by atoms with van der Waals surface area (Å²) in [5.41, 5.74) is 7.44. The summed E-state index contributed by atoms with van der Waals surface area (Å²) in [5.74, 6) is -0.372. The van der Waals surface area contributed by atoms with Gasteiger partial charge in [-0.05, 0) is 58.9 Å². The van der Waals surface area contributed by atoms with Gasteiger partial charge in [0.1, 0.15) is 0 Å². The topological polar surface area (TPSA) is 46.6 Å². The smallest absolute Gasteiger partial charge is 0.337 e. The Kier molecular flexibility index (Phi) is 5.96. The molecular formula is C30H25NO3. The molecule has 3 aromatic rings. The largest absolute Gasteiger partial charge is 0.465 e. The highest BCUT2D eigenvalue weighted by atomic mass is 16.5. The highest BCUT2D eigenvalue weighted by Crippen LogP contribution is 2.39. The molecule has 0 atom stereocenters. The number of benzene rings is 3. The van der Waals surface area contributed by atoms with Gasteiger partial charge in [-0.25, -0.2) is 4.79 Å². The van der Waals surface area contributed by atoms with E-state index in [1.165, 1.54) is 18.2 Å². The van der Waals surface area contributed by atoms with Crippen molar-refractivity contribution in [2.24, 2.45) is 0 Å². The monoisotopic (exact) mass is 447 g/mol. The summed E-state index contributed by atoms with van der Waals surface area (Å²) in [4.78, 5) is 27.4. The Labute approximate surface area is 199 Å². The van der Waals surface area contributed by atoms with Crippen LogP contribution < -0.4 is 4.90 Å². The van der Waals surface area contributed by atoms with Gasteiger partial charge in [0.25, 0.3) is 0 Å². The fourth-order valence-corrected chi connectivity index (χ4v) is 4.64. The van der Waals surface area contributed by atoms with E-state index in [4.69, 9.17) is 4.74 Å². The van der Waals surface area contributed by atoms with E-state index in [2.05, 4.69) is 30.4 Å². The minimum absolute atomic E-state index is 0.0275. The summed E-state index contributed by atoms with van der Waals surface area (Å²) >= 11 is 0. The van der Waals surface area contributed by atoms with Crippen LogP contribution in [0.3, 0.4) is 0 Å². The van der Waals surface area contributed by atoms with Crippen LogP contribution in [0.25, 0.3) is 5.70 Å². The molecule has 3 aromatic carbocycles. The second-order valence-electron chi connectivity index (χ2n) is 8.47. The van der Waals surface area contributed by atoms with Gasteiger partial charge in [-0.3, -0.25) is 9.69 Å². The van der Waals surface area contributed by atoms with Gasteiger partial charge in [-0.15, -0.1) is 0 Å². The number of methoxy groups -OCH3 is 1. The van der Waals surface area contributed by atoms with Crippen LogP contribution in [0.15, 0.2) is 108 Å². The lowest BCUT2D eigenvalue weighted by atomic mass is 9.92. The molecular weight excluding hydrogens is 422 g/mol. The molecule has 0 radical (unpaired) electrons. The zero-order valence-corrected chi connectivity index (χ0v) is 19.0. The molecule has 0 saturated carbocycles. The van der Waals surface area contributed by atoms with Crippen molar-refractivity contribution in [1.29, 1.82) is 0 Å². The number of carbonyl (C=O) groups excluding carboxylic acids is 2. The predicted molar refractivity (Wildman–Crippen MR) is 134 cm³/mol. The summed E-state index contributed by atoms with van der Waals surface area (Å²) in [7, 11) is 1.37. The van der Waals surface area contributed by atoms with E-state index in [9.17, 15) is 9.59 Å². The zero-order chi connectivity index (χ0) is 23.5. The molecule has 4 heteroatoms. The average molecular weight is 448 g/mol. The Bertz CT molecular complexity index is 1350. The van der Waals surface area contributed by atoms with E-state index in [0.717, 1.165) is 34.5 Å². The summed E-state index contributed by atoms with van der Waals surface area (Å²) in [5, 5.41) is 0. The van der Waals surface area contributed by atoms with Crippen molar-refractivity contribution in [1.82, 2.24) is 0 Å². The molecule has 1 amide bonds. The fourth-order valence-electron chi connectivity index (χ4n) is 4.64. The molecule has 5 rings (SSSR count). The molecule has 0 N–H and O–H groups in total. The van der Waals surface area contributed by atoms with Crippen LogP contribution in [0.4, 0.5) is 5.69 Å². The van der Waals surface area contributed by atoms with Crippen LogP contribution in [-0.2, 0) is 22.4 Å². The first-order valence-electron chi connectivity index (χ1n) is 11.4. The lowest BCUT2D eigenvalue weighted by Gasteiger charge is -2.26. The highest BCUT2D eigenvalue weighted by molar-refractivity contribution is 6.12. The van der Waals surface area contributed by atoms with E-state index >= 15 is 0 Å². The third kappa shape index (κ3) is 4.23. The number of rotatable bonds is 5. The molecule has 1 heterocycles. The number of hydrogen-bond donors (Lipinski definition) is 0. The van der Waals surface area contributed by atoms with Gasteiger partial charge < -0.3 is 4.74 Å². The second-order valence-corrected chi connectivity index (χ2v) is 8.47. The summed E-state index contributed by atoms with van der Waals surface area (Å²) in [6, 6.07) is 25.6. The van der Waals surface area contributed by atoms with E-state index in [1.54, 1.807) is 6.07 Å².